The first-order chi connectivity index (χ1) is 8.24. The fourth-order valence-electron chi connectivity index (χ4n) is 2.43. The summed E-state index contributed by atoms with van der Waals surface area (Å²) in [6.07, 6.45) is 3.96. The first-order valence-corrected chi connectivity index (χ1v) is 6.07. The van der Waals surface area contributed by atoms with Crippen molar-refractivity contribution in [3.8, 4) is 0 Å². The third-order valence-corrected chi connectivity index (χ3v) is 3.33. The van der Waals surface area contributed by atoms with Crippen LogP contribution in [0.4, 0.5) is 0 Å². The summed E-state index contributed by atoms with van der Waals surface area (Å²) < 4.78 is 0. The number of nitrogens with zero attached hydrogens (tertiary/aromatic N) is 3. The molecule has 2 aromatic rings. The van der Waals surface area contributed by atoms with Crippen molar-refractivity contribution in [3.05, 3.63) is 52.3 Å². The molecule has 0 spiro atoms. The summed E-state index contributed by atoms with van der Waals surface area (Å²) >= 11 is 5.91. The minimum Gasteiger partial charge on any atom is -0.260 e. The Balaban J connectivity index is 2.06. The topological polar surface area (TPSA) is 38.7 Å². The molecule has 0 fully saturated rings. The summed E-state index contributed by atoms with van der Waals surface area (Å²) in [7, 11) is 0. The second kappa shape index (κ2) is 4.08. The molecule has 17 heavy (non-hydrogen) atoms. The van der Waals surface area contributed by atoms with E-state index >= 15 is 0 Å². The zero-order chi connectivity index (χ0) is 11.8. The summed E-state index contributed by atoms with van der Waals surface area (Å²) in [5.74, 6) is 0.269. The smallest absolute Gasteiger partial charge is 0.222 e. The van der Waals surface area contributed by atoms with Crippen LogP contribution in [0.25, 0.3) is 0 Å². The number of pyridine rings is 1. The molecule has 1 aliphatic rings. The van der Waals surface area contributed by atoms with E-state index in [0.717, 1.165) is 29.9 Å². The van der Waals surface area contributed by atoms with Gasteiger partial charge in [0, 0.05) is 17.8 Å². The van der Waals surface area contributed by atoms with Gasteiger partial charge in [-0.1, -0.05) is 6.07 Å². The number of halogens is 1. The Morgan fingerprint density at radius 3 is 3.06 bits per heavy atom. The fraction of sp³-hybridized carbons (Fsp3) is 0.308. The highest BCUT2D eigenvalue weighted by Crippen LogP contribution is 2.35. The van der Waals surface area contributed by atoms with E-state index in [-0.39, 0.29) is 5.92 Å². The molecule has 3 nitrogen and oxygen atoms in total. The van der Waals surface area contributed by atoms with E-state index in [0.29, 0.717) is 5.28 Å². The summed E-state index contributed by atoms with van der Waals surface area (Å²) in [6.45, 7) is 1.94. The zero-order valence-electron chi connectivity index (χ0n) is 9.52. The van der Waals surface area contributed by atoms with Crippen LogP contribution < -0.4 is 0 Å². The predicted molar refractivity (Wildman–Crippen MR) is 66.2 cm³/mol. The van der Waals surface area contributed by atoms with Crippen molar-refractivity contribution in [1.82, 2.24) is 15.0 Å². The lowest BCUT2D eigenvalue weighted by molar-refractivity contribution is 0.739. The number of fused-ring (bicyclic) bond motifs is 1. The number of hydrogen-bond acceptors (Lipinski definition) is 3. The zero-order valence-corrected chi connectivity index (χ0v) is 10.3. The van der Waals surface area contributed by atoms with Gasteiger partial charge in [-0.3, -0.25) is 4.98 Å². The van der Waals surface area contributed by atoms with Crippen molar-refractivity contribution in [2.24, 2.45) is 0 Å². The lowest BCUT2D eigenvalue weighted by Crippen LogP contribution is -2.03. The van der Waals surface area contributed by atoms with Crippen molar-refractivity contribution >= 4 is 11.6 Å². The molecule has 3 rings (SSSR count). The van der Waals surface area contributed by atoms with Crippen molar-refractivity contribution in [2.75, 3.05) is 0 Å². The molecule has 1 aliphatic carbocycles. The average Bonchev–Trinajstić information content (AvgIpc) is 2.71. The Kier molecular flexibility index (Phi) is 2.56. The molecule has 0 bridgehead atoms. The molecule has 1 atom stereocenters. The van der Waals surface area contributed by atoms with E-state index in [2.05, 4.69) is 21.0 Å². The van der Waals surface area contributed by atoms with Gasteiger partial charge in [0.1, 0.15) is 0 Å². The Bertz CT molecular complexity index is 548. The minimum absolute atomic E-state index is 0.269. The second-order valence-electron chi connectivity index (χ2n) is 4.34. The van der Waals surface area contributed by atoms with Gasteiger partial charge in [0.15, 0.2) is 0 Å². The van der Waals surface area contributed by atoms with E-state index < -0.39 is 0 Å². The van der Waals surface area contributed by atoms with E-state index in [1.807, 2.05) is 25.3 Å². The van der Waals surface area contributed by atoms with Crippen molar-refractivity contribution in [3.63, 3.8) is 0 Å². The molecule has 0 radical (unpaired) electrons. The third kappa shape index (κ3) is 1.91. The molecule has 86 valence electrons. The van der Waals surface area contributed by atoms with Gasteiger partial charge in [0.2, 0.25) is 5.28 Å². The van der Waals surface area contributed by atoms with E-state index in [1.54, 1.807) is 0 Å². The summed E-state index contributed by atoms with van der Waals surface area (Å²) in [5, 5.41) is 0.324. The van der Waals surface area contributed by atoms with Gasteiger partial charge in [0.05, 0.1) is 11.4 Å². The number of hydrogen-bond donors (Lipinski definition) is 0. The SMILES string of the molecule is Cc1cc(C2CCc3cccnc32)nc(Cl)n1. The van der Waals surface area contributed by atoms with E-state index in [9.17, 15) is 0 Å². The molecule has 2 aromatic heterocycles. The first kappa shape index (κ1) is 10.7. The third-order valence-electron chi connectivity index (χ3n) is 3.16. The number of aryl methyl sites for hydroxylation is 2. The van der Waals surface area contributed by atoms with Gasteiger partial charge in [-0.2, -0.15) is 0 Å². The molecule has 4 heteroatoms. The molecule has 0 N–H and O–H groups in total. The molecule has 0 aliphatic heterocycles. The first-order valence-electron chi connectivity index (χ1n) is 5.69. The van der Waals surface area contributed by atoms with Crippen LogP contribution in [0.5, 0.6) is 0 Å². The van der Waals surface area contributed by atoms with Crippen LogP contribution in [0.3, 0.4) is 0 Å². The average molecular weight is 246 g/mol. The number of aromatic nitrogens is 3. The van der Waals surface area contributed by atoms with Crippen molar-refractivity contribution < 1.29 is 0 Å². The minimum atomic E-state index is 0.269. The van der Waals surface area contributed by atoms with Crippen LogP contribution in [0.15, 0.2) is 24.4 Å². The summed E-state index contributed by atoms with van der Waals surface area (Å²) in [6, 6.07) is 6.12. The van der Waals surface area contributed by atoms with Crippen LogP contribution >= 0.6 is 11.6 Å². The molecule has 0 saturated carbocycles. The monoisotopic (exact) mass is 245 g/mol. The van der Waals surface area contributed by atoms with Crippen LogP contribution in [0.2, 0.25) is 5.28 Å². The maximum Gasteiger partial charge on any atom is 0.222 e. The van der Waals surface area contributed by atoms with Gasteiger partial charge in [-0.15, -0.1) is 0 Å². The predicted octanol–water partition coefficient (Wildman–Crippen LogP) is 2.91. The Morgan fingerprint density at radius 2 is 2.24 bits per heavy atom. The Hall–Kier alpha value is -1.48. The molecular formula is C13H12ClN3. The molecule has 2 heterocycles. The van der Waals surface area contributed by atoms with Crippen LogP contribution in [0, 0.1) is 6.92 Å². The fourth-order valence-corrected chi connectivity index (χ4v) is 2.67. The van der Waals surface area contributed by atoms with E-state index in [4.69, 9.17) is 11.6 Å². The Morgan fingerprint density at radius 1 is 1.35 bits per heavy atom. The normalized spacial score (nSPS) is 18.1. The summed E-state index contributed by atoms with van der Waals surface area (Å²) in [4.78, 5) is 12.9. The lowest BCUT2D eigenvalue weighted by Gasteiger charge is -2.10. The van der Waals surface area contributed by atoms with Gasteiger partial charge in [-0.25, -0.2) is 9.97 Å². The largest absolute Gasteiger partial charge is 0.260 e. The van der Waals surface area contributed by atoms with Crippen molar-refractivity contribution in [2.45, 2.75) is 25.7 Å². The highest BCUT2D eigenvalue weighted by molar-refractivity contribution is 6.28. The maximum atomic E-state index is 5.91. The quantitative estimate of drug-likeness (QED) is 0.725. The second-order valence-corrected chi connectivity index (χ2v) is 4.68. The molecule has 0 amide bonds. The molecular weight excluding hydrogens is 234 g/mol. The van der Waals surface area contributed by atoms with Crippen molar-refractivity contribution in [1.29, 1.82) is 0 Å². The van der Waals surface area contributed by atoms with Crippen LogP contribution in [-0.4, -0.2) is 15.0 Å². The molecule has 0 saturated heterocycles. The lowest BCUT2D eigenvalue weighted by atomic mass is 10.0. The summed E-state index contributed by atoms with van der Waals surface area (Å²) in [5.41, 5.74) is 4.36. The highest BCUT2D eigenvalue weighted by atomic mass is 35.5. The molecule has 0 aromatic carbocycles. The Labute approximate surface area is 105 Å². The van der Waals surface area contributed by atoms with Gasteiger partial charge in [0.25, 0.3) is 0 Å². The number of rotatable bonds is 1. The van der Waals surface area contributed by atoms with Gasteiger partial charge < -0.3 is 0 Å². The van der Waals surface area contributed by atoms with Crippen LogP contribution in [0.1, 0.15) is 35.0 Å². The van der Waals surface area contributed by atoms with Crippen LogP contribution in [-0.2, 0) is 6.42 Å². The molecule has 1 unspecified atom stereocenters. The highest BCUT2D eigenvalue weighted by Gasteiger charge is 2.26. The van der Waals surface area contributed by atoms with E-state index in [1.165, 1.54) is 5.56 Å². The van der Waals surface area contributed by atoms with Gasteiger partial charge in [-0.05, 0) is 49.1 Å². The maximum absolute atomic E-state index is 5.91. The standard InChI is InChI=1S/C13H12ClN3/c1-8-7-11(17-13(14)16-8)10-5-4-9-3-2-6-15-12(9)10/h2-3,6-7,10H,4-5H2,1H3. The van der Waals surface area contributed by atoms with Gasteiger partial charge >= 0.3 is 0 Å².